The lowest BCUT2D eigenvalue weighted by molar-refractivity contribution is 0.602. The van der Waals surface area contributed by atoms with Crippen molar-refractivity contribution >= 4 is 51.4 Å². The van der Waals surface area contributed by atoms with Gasteiger partial charge in [0.2, 0.25) is 0 Å². The SMILES string of the molecule is CCNC(=NCc1ccc(S(C)(=O)=O)cc1)NCCc1ccc(Cl)nc1.I. The molecule has 0 atom stereocenters. The van der Waals surface area contributed by atoms with Gasteiger partial charge in [0.15, 0.2) is 15.8 Å². The van der Waals surface area contributed by atoms with Gasteiger partial charge in [0, 0.05) is 25.5 Å². The van der Waals surface area contributed by atoms with E-state index in [2.05, 4.69) is 20.6 Å². The van der Waals surface area contributed by atoms with Crippen LogP contribution in [0.15, 0.2) is 52.5 Å². The molecule has 0 aliphatic rings. The number of aliphatic imine (C=N–C) groups is 1. The minimum Gasteiger partial charge on any atom is -0.357 e. The molecular formula is C18H24ClIN4O2S. The van der Waals surface area contributed by atoms with Crippen LogP contribution in [-0.4, -0.2) is 38.7 Å². The van der Waals surface area contributed by atoms with Crippen molar-refractivity contribution in [1.82, 2.24) is 15.6 Å². The van der Waals surface area contributed by atoms with Gasteiger partial charge < -0.3 is 10.6 Å². The Labute approximate surface area is 182 Å². The number of nitrogens with zero attached hydrogens (tertiary/aromatic N) is 2. The Morgan fingerprint density at radius 2 is 1.78 bits per heavy atom. The molecular weight excluding hydrogens is 499 g/mol. The van der Waals surface area contributed by atoms with Crippen molar-refractivity contribution in [1.29, 1.82) is 0 Å². The molecule has 0 aliphatic carbocycles. The summed E-state index contributed by atoms with van der Waals surface area (Å²) in [5.41, 5.74) is 2.03. The zero-order valence-corrected chi connectivity index (χ0v) is 19.2. The van der Waals surface area contributed by atoms with E-state index in [1.807, 2.05) is 13.0 Å². The Kier molecular flexibility index (Phi) is 10.0. The minimum atomic E-state index is -3.17. The van der Waals surface area contributed by atoms with Crippen LogP contribution in [0.25, 0.3) is 0 Å². The second-order valence-electron chi connectivity index (χ2n) is 5.78. The standard InChI is InChI=1S/C18H23ClN4O2S.HI/c1-3-20-18(21-11-10-15-6-9-17(19)22-12-15)23-13-14-4-7-16(8-5-14)26(2,24)25;/h4-9,12H,3,10-11,13H2,1-2H3,(H2,20,21,23);1H. The van der Waals surface area contributed by atoms with Crippen LogP contribution >= 0.6 is 35.6 Å². The molecule has 1 aromatic carbocycles. The lowest BCUT2D eigenvalue weighted by Gasteiger charge is -2.11. The Morgan fingerprint density at radius 1 is 1.11 bits per heavy atom. The fourth-order valence-electron chi connectivity index (χ4n) is 2.23. The van der Waals surface area contributed by atoms with Crippen LogP contribution in [0, 0.1) is 0 Å². The third-order valence-corrected chi connectivity index (χ3v) is 4.96. The zero-order valence-electron chi connectivity index (χ0n) is 15.3. The van der Waals surface area contributed by atoms with Crippen LogP contribution in [0.4, 0.5) is 0 Å². The summed E-state index contributed by atoms with van der Waals surface area (Å²) in [6, 6.07) is 10.5. The highest BCUT2D eigenvalue weighted by Gasteiger charge is 2.06. The maximum Gasteiger partial charge on any atom is 0.191 e. The molecule has 2 N–H and O–H groups in total. The summed E-state index contributed by atoms with van der Waals surface area (Å²) in [7, 11) is -3.17. The molecule has 0 unspecified atom stereocenters. The molecule has 9 heteroatoms. The number of guanidine groups is 1. The van der Waals surface area contributed by atoms with E-state index in [9.17, 15) is 8.42 Å². The van der Waals surface area contributed by atoms with Crippen LogP contribution in [0.2, 0.25) is 5.15 Å². The van der Waals surface area contributed by atoms with E-state index < -0.39 is 9.84 Å². The van der Waals surface area contributed by atoms with Crippen molar-refractivity contribution in [3.05, 3.63) is 58.9 Å². The molecule has 0 fully saturated rings. The van der Waals surface area contributed by atoms with E-state index in [0.717, 1.165) is 24.1 Å². The quantitative estimate of drug-likeness (QED) is 0.253. The van der Waals surface area contributed by atoms with Gasteiger partial charge in [-0.15, -0.1) is 24.0 Å². The predicted octanol–water partition coefficient (Wildman–Crippen LogP) is 3.05. The molecule has 27 heavy (non-hydrogen) atoms. The minimum absolute atomic E-state index is 0. The van der Waals surface area contributed by atoms with E-state index >= 15 is 0 Å². The van der Waals surface area contributed by atoms with E-state index in [1.54, 1.807) is 36.5 Å². The highest BCUT2D eigenvalue weighted by atomic mass is 127. The van der Waals surface area contributed by atoms with Crippen molar-refractivity contribution in [3.8, 4) is 0 Å². The van der Waals surface area contributed by atoms with Crippen molar-refractivity contribution in [3.63, 3.8) is 0 Å². The summed E-state index contributed by atoms with van der Waals surface area (Å²) < 4.78 is 23.0. The normalized spacial score (nSPS) is 11.6. The maximum absolute atomic E-state index is 11.5. The molecule has 2 rings (SSSR count). The fraction of sp³-hybridized carbons (Fsp3) is 0.333. The number of hydrogen-bond donors (Lipinski definition) is 2. The molecule has 0 aliphatic heterocycles. The van der Waals surface area contributed by atoms with Gasteiger partial charge in [0.05, 0.1) is 11.4 Å². The molecule has 1 aromatic heterocycles. The van der Waals surface area contributed by atoms with Gasteiger partial charge in [-0.2, -0.15) is 0 Å². The first-order valence-electron chi connectivity index (χ1n) is 8.30. The second kappa shape index (κ2) is 11.5. The number of nitrogens with one attached hydrogen (secondary N) is 2. The fourth-order valence-corrected chi connectivity index (χ4v) is 2.98. The molecule has 0 saturated heterocycles. The van der Waals surface area contributed by atoms with Crippen molar-refractivity contribution in [2.45, 2.75) is 24.8 Å². The van der Waals surface area contributed by atoms with Gasteiger partial charge in [0.25, 0.3) is 0 Å². The molecule has 6 nitrogen and oxygen atoms in total. The van der Waals surface area contributed by atoms with Gasteiger partial charge in [-0.25, -0.2) is 18.4 Å². The summed E-state index contributed by atoms with van der Waals surface area (Å²) in [4.78, 5) is 8.90. The molecule has 0 bridgehead atoms. The molecule has 2 aromatic rings. The van der Waals surface area contributed by atoms with Gasteiger partial charge >= 0.3 is 0 Å². The molecule has 148 valence electrons. The highest BCUT2D eigenvalue weighted by Crippen LogP contribution is 2.11. The van der Waals surface area contributed by atoms with Crippen LogP contribution in [0.1, 0.15) is 18.1 Å². The third-order valence-electron chi connectivity index (χ3n) is 3.61. The summed E-state index contributed by atoms with van der Waals surface area (Å²) in [6.45, 7) is 3.92. The highest BCUT2D eigenvalue weighted by molar-refractivity contribution is 14.0. The predicted molar refractivity (Wildman–Crippen MR) is 121 cm³/mol. The van der Waals surface area contributed by atoms with Gasteiger partial charge in [-0.3, -0.25) is 0 Å². The number of hydrogen-bond acceptors (Lipinski definition) is 4. The smallest absolute Gasteiger partial charge is 0.191 e. The summed E-state index contributed by atoms with van der Waals surface area (Å²) in [6.07, 6.45) is 3.76. The topological polar surface area (TPSA) is 83.5 Å². The third kappa shape index (κ3) is 8.44. The number of aromatic nitrogens is 1. The van der Waals surface area contributed by atoms with Crippen LogP contribution in [0.3, 0.4) is 0 Å². The van der Waals surface area contributed by atoms with E-state index in [1.165, 1.54) is 6.26 Å². The Hall–Kier alpha value is -1.39. The van der Waals surface area contributed by atoms with Crippen LogP contribution in [0.5, 0.6) is 0 Å². The monoisotopic (exact) mass is 522 g/mol. The first-order valence-corrected chi connectivity index (χ1v) is 10.6. The number of sulfone groups is 1. The summed E-state index contributed by atoms with van der Waals surface area (Å²) in [5, 5.41) is 6.95. The van der Waals surface area contributed by atoms with Crippen LogP contribution in [-0.2, 0) is 22.8 Å². The molecule has 0 saturated carbocycles. The lowest BCUT2D eigenvalue weighted by Crippen LogP contribution is -2.38. The van der Waals surface area contributed by atoms with Gasteiger partial charge in [-0.05, 0) is 42.7 Å². The Morgan fingerprint density at radius 3 is 2.33 bits per heavy atom. The number of benzene rings is 1. The maximum atomic E-state index is 11.5. The summed E-state index contributed by atoms with van der Waals surface area (Å²) >= 11 is 5.78. The number of halogens is 2. The van der Waals surface area contributed by atoms with Gasteiger partial charge in [0.1, 0.15) is 5.15 Å². The molecule has 0 spiro atoms. The van der Waals surface area contributed by atoms with E-state index in [4.69, 9.17) is 11.6 Å². The van der Waals surface area contributed by atoms with Crippen molar-refractivity contribution < 1.29 is 8.42 Å². The Balaban J connectivity index is 0.00000364. The first-order chi connectivity index (χ1) is 12.4. The lowest BCUT2D eigenvalue weighted by atomic mass is 10.2. The molecule has 0 amide bonds. The molecule has 1 heterocycles. The average Bonchev–Trinajstić information content (AvgIpc) is 2.61. The summed E-state index contributed by atoms with van der Waals surface area (Å²) in [5.74, 6) is 0.710. The van der Waals surface area contributed by atoms with E-state index in [0.29, 0.717) is 29.1 Å². The average molecular weight is 523 g/mol. The van der Waals surface area contributed by atoms with Crippen molar-refractivity contribution in [2.24, 2.45) is 4.99 Å². The zero-order chi connectivity index (χ0) is 19.0. The second-order valence-corrected chi connectivity index (χ2v) is 8.18. The van der Waals surface area contributed by atoms with Gasteiger partial charge in [-0.1, -0.05) is 29.8 Å². The molecule has 0 radical (unpaired) electrons. The van der Waals surface area contributed by atoms with Crippen molar-refractivity contribution in [2.75, 3.05) is 19.3 Å². The number of pyridine rings is 1. The number of rotatable bonds is 7. The van der Waals surface area contributed by atoms with E-state index in [-0.39, 0.29) is 24.0 Å². The first kappa shape index (κ1) is 23.6. The largest absolute Gasteiger partial charge is 0.357 e. The Bertz CT molecular complexity index is 841. The van der Waals surface area contributed by atoms with Crippen LogP contribution < -0.4 is 10.6 Å².